The smallest absolute Gasteiger partial charge is 0.416 e. The Morgan fingerprint density at radius 3 is 2.45 bits per heavy atom. The quantitative estimate of drug-likeness (QED) is 0.529. The number of alkyl halides is 3. The van der Waals surface area contributed by atoms with E-state index in [1.165, 1.54) is 13.2 Å². The molecule has 2 amide bonds. The summed E-state index contributed by atoms with van der Waals surface area (Å²) in [5.41, 5.74) is -1.01. The molecule has 1 fully saturated rings. The molecule has 0 unspecified atom stereocenters. The van der Waals surface area contributed by atoms with Crippen molar-refractivity contribution in [1.29, 1.82) is 0 Å². The van der Waals surface area contributed by atoms with Crippen molar-refractivity contribution in [3.8, 4) is 5.75 Å². The molecule has 0 bridgehead atoms. The van der Waals surface area contributed by atoms with Crippen LogP contribution in [-0.2, 0) is 15.8 Å². The van der Waals surface area contributed by atoms with Gasteiger partial charge in [0, 0.05) is 29.9 Å². The van der Waals surface area contributed by atoms with Crippen molar-refractivity contribution in [2.45, 2.75) is 77.2 Å². The maximum atomic E-state index is 13.0. The van der Waals surface area contributed by atoms with Crippen LogP contribution in [0.25, 0.3) is 0 Å². The number of carbonyl (C=O) groups excluding carboxylic acids is 2. The molecule has 174 valence electrons. The van der Waals surface area contributed by atoms with Crippen molar-refractivity contribution in [2.75, 3.05) is 12.4 Å². The molecule has 0 aliphatic heterocycles. The number of nitrogens with one attached hydrogen (secondary N) is 3. The van der Waals surface area contributed by atoms with Gasteiger partial charge in [-0.25, -0.2) is 0 Å². The van der Waals surface area contributed by atoms with E-state index >= 15 is 0 Å². The summed E-state index contributed by atoms with van der Waals surface area (Å²) in [4.78, 5) is 24.6. The van der Waals surface area contributed by atoms with Gasteiger partial charge in [0.15, 0.2) is 0 Å². The Hall–Kier alpha value is -2.29. The Morgan fingerprint density at radius 1 is 1.16 bits per heavy atom. The average molecular weight is 444 g/mol. The normalized spacial score (nSPS) is 21.6. The maximum Gasteiger partial charge on any atom is 0.416 e. The van der Waals surface area contributed by atoms with Crippen molar-refractivity contribution >= 4 is 17.5 Å². The zero-order chi connectivity index (χ0) is 23.2. The van der Waals surface area contributed by atoms with Crippen LogP contribution in [0.1, 0.15) is 58.4 Å². The predicted octanol–water partition coefficient (Wildman–Crippen LogP) is 4.10. The van der Waals surface area contributed by atoms with Gasteiger partial charge in [-0.15, -0.1) is 0 Å². The lowest BCUT2D eigenvalue weighted by Gasteiger charge is -2.37. The minimum Gasteiger partial charge on any atom is -0.497 e. The number of methoxy groups -OCH3 is 1. The van der Waals surface area contributed by atoms with Gasteiger partial charge in [0.05, 0.1) is 12.7 Å². The molecule has 1 aliphatic rings. The molecule has 0 saturated heterocycles. The van der Waals surface area contributed by atoms with E-state index in [0.717, 1.165) is 37.8 Å². The Kier molecular flexibility index (Phi) is 8.73. The summed E-state index contributed by atoms with van der Waals surface area (Å²) in [7, 11) is 1.24. The van der Waals surface area contributed by atoms with Crippen LogP contribution in [-0.4, -0.2) is 37.0 Å². The molecular weight excluding hydrogens is 411 g/mol. The Labute approximate surface area is 181 Å². The van der Waals surface area contributed by atoms with E-state index in [9.17, 15) is 22.8 Å². The minimum atomic E-state index is -4.58. The van der Waals surface area contributed by atoms with E-state index in [-0.39, 0.29) is 17.5 Å². The molecule has 1 aromatic rings. The van der Waals surface area contributed by atoms with Crippen LogP contribution in [0.4, 0.5) is 18.9 Å². The number of hydrogen-bond donors (Lipinski definition) is 3. The van der Waals surface area contributed by atoms with E-state index in [4.69, 9.17) is 4.74 Å². The second kappa shape index (κ2) is 10.8. The number of carbonyl (C=O) groups is 2. The summed E-state index contributed by atoms with van der Waals surface area (Å²) in [6, 6.07) is 3.74. The third-order valence-electron chi connectivity index (χ3n) is 5.50. The van der Waals surface area contributed by atoms with E-state index in [2.05, 4.69) is 36.7 Å². The summed E-state index contributed by atoms with van der Waals surface area (Å²) in [6.45, 7) is 6.29. The van der Waals surface area contributed by atoms with Crippen molar-refractivity contribution < 1.29 is 27.5 Å². The van der Waals surface area contributed by atoms with Crippen LogP contribution in [0.15, 0.2) is 18.2 Å². The van der Waals surface area contributed by atoms with Gasteiger partial charge in [0.25, 0.3) is 0 Å². The topological polar surface area (TPSA) is 79.5 Å². The zero-order valence-electron chi connectivity index (χ0n) is 18.4. The molecule has 0 radical (unpaired) electrons. The first kappa shape index (κ1) is 25.0. The lowest BCUT2D eigenvalue weighted by atomic mass is 9.79. The fraction of sp³-hybridized carbons (Fsp3) is 0.636. The standard InChI is InChI=1S/C22H32F3N3O3/c1-5-14-8-16(26-13(2)3)6-7-19(14)28-21(30)12-20(29)27-17-9-15(22(23,24)25)10-18(11-17)31-4/h9-11,13-14,16,19,26H,5-8,12H2,1-4H3,(H,27,29)(H,28,30)/t14-,16-,19+/m1/s1. The van der Waals surface area contributed by atoms with Gasteiger partial charge in [-0.1, -0.05) is 27.2 Å². The Morgan fingerprint density at radius 2 is 1.87 bits per heavy atom. The highest BCUT2D eigenvalue weighted by molar-refractivity contribution is 6.03. The summed E-state index contributed by atoms with van der Waals surface area (Å²) < 4.78 is 43.9. The van der Waals surface area contributed by atoms with Crippen LogP contribution in [0, 0.1) is 5.92 Å². The monoisotopic (exact) mass is 443 g/mol. The van der Waals surface area contributed by atoms with Crippen molar-refractivity contribution in [3.05, 3.63) is 23.8 Å². The van der Waals surface area contributed by atoms with E-state index in [0.29, 0.717) is 18.0 Å². The summed E-state index contributed by atoms with van der Waals surface area (Å²) in [6.07, 6.45) is -1.41. The van der Waals surface area contributed by atoms with Crippen LogP contribution in [0.2, 0.25) is 0 Å². The third-order valence-corrected chi connectivity index (χ3v) is 5.50. The Balaban J connectivity index is 1.93. The molecule has 31 heavy (non-hydrogen) atoms. The largest absolute Gasteiger partial charge is 0.497 e. The van der Waals surface area contributed by atoms with Gasteiger partial charge in [0.1, 0.15) is 12.2 Å². The van der Waals surface area contributed by atoms with Gasteiger partial charge in [-0.05, 0) is 37.3 Å². The number of ether oxygens (including phenoxy) is 1. The number of anilines is 1. The number of amides is 2. The fourth-order valence-electron chi connectivity index (χ4n) is 4.09. The second-order valence-corrected chi connectivity index (χ2v) is 8.35. The molecule has 1 aromatic carbocycles. The molecule has 2 rings (SSSR count). The highest BCUT2D eigenvalue weighted by Gasteiger charge is 2.32. The number of benzene rings is 1. The highest BCUT2D eigenvalue weighted by atomic mass is 19.4. The lowest BCUT2D eigenvalue weighted by Crippen LogP contribution is -2.49. The fourth-order valence-corrected chi connectivity index (χ4v) is 4.09. The molecule has 0 heterocycles. The summed E-state index contributed by atoms with van der Waals surface area (Å²) in [5, 5.41) is 8.83. The van der Waals surface area contributed by atoms with Crippen LogP contribution in [0.5, 0.6) is 5.75 Å². The molecule has 3 N–H and O–H groups in total. The summed E-state index contributed by atoms with van der Waals surface area (Å²) in [5.74, 6) is -0.839. The van der Waals surface area contributed by atoms with E-state index < -0.39 is 30.0 Å². The molecule has 1 aliphatic carbocycles. The van der Waals surface area contributed by atoms with Gasteiger partial charge >= 0.3 is 6.18 Å². The van der Waals surface area contributed by atoms with Gasteiger partial charge in [-0.3, -0.25) is 9.59 Å². The van der Waals surface area contributed by atoms with Crippen molar-refractivity contribution in [3.63, 3.8) is 0 Å². The minimum absolute atomic E-state index is 0.0100. The lowest BCUT2D eigenvalue weighted by molar-refractivity contribution is -0.137. The van der Waals surface area contributed by atoms with Gasteiger partial charge in [-0.2, -0.15) is 13.2 Å². The molecule has 1 saturated carbocycles. The second-order valence-electron chi connectivity index (χ2n) is 8.35. The average Bonchev–Trinajstić information content (AvgIpc) is 2.67. The molecular formula is C22H32F3N3O3. The number of halogens is 3. The molecule has 9 heteroatoms. The van der Waals surface area contributed by atoms with E-state index in [1.807, 2.05) is 0 Å². The van der Waals surface area contributed by atoms with E-state index in [1.54, 1.807) is 0 Å². The first-order chi connectivity index (χ1) is 14.5. The number of rotatable bonds is 8. The third kappa shape index (κ3) is 7.72. The number of hydrogen-bond acceptors (Lipinski definition) is 4. The first-order valence-corrected chi connectivity index (χ1v) is 10.6. The first-order valence-electron chi connectivity index (χ1n) is 10.6. The molecule has 0 aromatic heterocycles. The van der Waals surface area contributed by atoms with Crippen LogP contribution < -0.4 is 20.7 Å². The van der Waals surface area contributed by atoms with Crippen LogP contribution >= 0.6 is 0 Å². The maximum absolute atomic E-state index is 13.0. The Bertz CT molecular complexity index is 768. The SMILES string of the molecule is CC[C@@H]1C[C@H](NC(C)C)CC[C@@H]1NC(=O)CC(=O)Nc1cc(OC)cc(C(F)(F)F)c1. The van der Waals surface area contributed by atoms with Crippen LogP contribution in [0.3, 0.4) is 0 Å². The summed E-state index contributed by atoms with van der Waals surface area (Å²) >= 11 is 0. The molecule has 3 atom stereocenters. The van der Waals surface area contributed by atoms with Crippen molar-refractivity contribution in [2.24, 2.45) is 5.92 Å². The molecule has 6 nitrogen and oxygen atoms in total. The zero-order valence-corrected chi connectivity index (χ0v) is 18.4. The molecule has 0 spiro atoms. The predicted molar refractivity (Wildman–Crippen MR) is 113 cm³/mol. The highest BCUT2D eigenvalue weighted by Crippen LogP contribution is 2.34. The van der Waals surface area contributed by atoms with Gasteiger partial charge in [0.2, 0.25) is 11.8 Å². The van der Waals surface area contributed by atoms with Crippen molar-refractivity contribution in [1.82, 2.24) is 10.6 Å². The van der Waals surface area contributed by atoms with Gasteiger partial charge < -0.3 is 20.7 Å².